The number of piperidine rings is 1. The van der Waals surface area contributed by atoms with E-state index in [1.54, 1.807) is 18.5 Å². The monoisotopic (exact) mass is 448 g/mol. The lowest BCUT2D eigenvalue weighted by Gasteiger charge is -2.31. The fourth-order valence-electron chi connectivity index (χ4n) is 3.65. The van der Waals surface area contributed by atoms with Crippen LogP contribution in [0.4, 0.5) is 5.82 Å². The van der Waals surface area contributed by atoms with Crippen molar-refractivity contribution in [2.75, 3.05) is 17.9 Å². The smallest absolute Gasteiger partial charge is 0.169 e. The molecule has 0 N–H and O–H groups in total. The number of pyridine rings is 2. The number of aromatic nitrogens is 4. The SMILES string of the molecule is [2H]C1([2H])N(c2cc(C(=O)Cc3cc4cc(-c5cnc(C)n5C)ccc4cn3)ccn2)C([2H])([2H])C([2H])([2H])C([2H])(C)C1([2H])[2H]. The molecule has 4 heterocycles. The Balaban J connectivity index is 1.48. The van der Waals surface area contributed by atoms with Gasteiger partial charge in [0.2, 0.25) is 0 Å². The lowest BCUT2D eigenvalue weighted by atomic mass is 9.99. The number of nitrogens with zero attached hydrogens (tertiary/aromatic N) is 5. The third-order valence-electron chi connectivity index (χ3n) is 5.64. The predicted molar refractivity (Wildman–Crippen MR) is 132 cm³/mol. The molecule has 1 aromatic carbocycles. The second-order valence-electron chi connectivity index (χ2n) is 7.92. The van der Waals surface area contributed by atoms with Crippen molar-refractivity contribution < 1.29 is 17.1 Å². The van der Waals surface area contributed by atoms with E-state index >= 15 is 0 Å². The highest BCUT2D eigenvalue weighted by Crippen LogP contribution is 2.26. The second kappa shape index (κ2) is 8.77. The summed E-state index contributed by atoms with van der Waals surface area (Å²) in [4.78, 5) is 26.3. The molecule has 0 amide bonds. The third kappa shape index (κ3) is 4.38. The fourth-order valence-corrected chi connectivity index (χ4v) is 3.65. The number of carbonyl (C=O) groups is 1. The van der Waals surface area contributed by atoms with Crippen molar-refractivity contribution in [1.82, 2.24) is 19.5 Å². The number of hydrogen-bond donors (Lipinski definition) is 0. The number of fused-ring (bicyclic) bond motifs is 1. The van der Waals surface area contributed by atoms with E-state index in [0.717, 1.165) is 47.0 Å². The number of carbonyl (C=O) groups excluding carboxylic acids is 1. The molecule has 6 heteroatoms. The Morgan fingerprint density at radius 3 is 2.67 bits per heavy atom. The molecule has 0 radical (unpaired) electrons. The Labute approximate surface area is 207 Å². The van der Waals surface area contributed by atoms with Gasteiger partial charge in [-0.25, -0.2) is 9.97 Å². The van der Waals surface area contributed by atoms with Crippen molar-refractivity contribution in [2.24, 2.45) is 12.9 Å². The number of Topliss-reactive ketones (excluding diaryl/α,β-unsaturated/α-hetero) is 1. The van der Waals surface area contributed by atoms with Gasteiger partial charge in [0, 0.05) is 67.0 Å². The Morgan fingerprint density at radius 1 is 1.09 bits per heavy atom. The summed E-state index contributed by atoms with van der Waals surface area (Å²) in [6.07, 6.45) is -1.87. The molecule has 1 saturated heterocycles. The van der Waals surface area contributed by atoms with Gasteiger partial charge in [-0.1, -0.05) is 19.1 Å². The standard InChI is InChI=1S/C27H29N5O/c1-18-7-10-32(11-8-18)27-14-21(6-9-28-27)26(33)15-24-13-23-12-20(4-5-22(23)16-30-24)25-17-29-19(2)31(25)3/h4-6,9,12-14,16-18H,7-8,10-11,15H2,1-3H3/i7D2,8D2,10D2,11D2,18D. The van der Waals surface area contributed by atoms with Crippen LogP contribution in [0.15, 0.2) is 55.0 Å². The summed E-state index contributed by atoms with van der Waals surface area (Å²) in [5.74, 6) is -2.83. The van der Waals surface area contributed by atoms with Crippen LogP contribution in [-0.2, 0) is 13.5 Å². The summed E-state index contributed by atoms with van der Waals surface area (Å²) in [5.41, 5.74) is 2.38. The van der Waals surface area contributed by atoms with E-state index in [4.69, 9.17) is 12.3 Å². The van der Waals surface area contributed by atoms with Crippen LogP contribution >= 0.6 is 0 Å². The lowest BCUT2D eigenvalue weighted by Crippen LogP contribution is -2.33. The first-order chi connectivity index (χ1) is 19.3. The highest BCUT2D eigenvalue weighted by molar-refractivity contribution is 5.98. The van der Waals surface area contributed by atoms with E-state index in [1.165, 1.54) is 6.07 Å². The van der Waals surface area contributed by atoms with Gasteiger partial charge in [-0.15, -0.1) is 0 Å². The quantitative estimate of drug-likeness (QED) is 0.402. The molecule has 0 aliphatic carbocycles. The van der Waals surface area contributed by atoms with Crippen LogP contribution < -0.4 is 4.90 Å². The van der Waals surface area contributed by atoms with Crippen molar-refractivity contribution in [1.29, 1.82) is 0 Å². The number of hydrogen-bond acceptors (Lipinski definition) is 5. The summed E-state index contributed by atoms with van der Waals surface area (Å²) in [6, 6.07) is 10.1. The first-order valence-electron chi connectivity index (χ1n) is 15.0. The van der Waals surface area contributed by atoms with Crippen LogP contribution in [0, 0.1) is 12.8 Å². The highest BCUT2D eigenvalue weighted by Gasteiger charge is 2.18. The topological polar surface area (TPSA) is 63.9 Å². The average molecular weight is 449 g/mol. The molecular weight excluding hydrogens is 410 g/mol. The summed E-state index contributed by atoms with van der Waals surface area (Å²) in [6.45, 7) is -3.64. The number of rotatable bonds is 5. The first-order valence-corrected chi connectivity index (χ1v) is 10.5. The minimum Gasteiger partial charge on any atom is -0.357 e. The maximum atomic E-state index is 13.3. The van der Waals surface area contributed by atoms with E-state index in [-0.39, 0.29) is 16.9 Å². The minimum atomic E-state index is -3.20. The molecule has 1 aliphatic rings. The summed E-state index contributed by atoms with van der Waals surface area (Å²) < 4.78 is 77.6. The Hall–Kier alpha value is -3.54. The fraction of sp³-hybridized carbons (Fsp3) is 0.333. The minimum absolute atomic E-state index is 0.0351. The van der Waals surface area contributed by atoms with Crippen LogP contribution in [0.5, 0.6) is 0 Å². The molecule has 1 aliphatic heterocycles. The van der Waals surface area contributed by atoms with E-state index < -0.39 is 43.2 Å². The van der Waals surface area contributed by atoms with Crippen LogP contribution in [0.1, 0.15) is 53.9 Å². The summed E-state index contributed by atoms with van der Waals surface area (Å²) in [5, 5.41) is 1.73. The molecule has 3 aromatic heterocycles. The normalized spacial score (nSPS) is 25.8. The van der Waals surface area contributed by atoms with E-state index in [0.29, 0.717) is 5.69 Å². The van der Waals surface area contributed by atoms with Crippen molar-refractivity contribution in [3.05, 3.63) is 72.1 Å². The largest absolute Gasteiger partial charge is 0.357 e. The van der Waals surface area contributed by atoms with Crippen LogP contribution in [0.3, 0.4) is 0 Å². The molecule has 4 aromatic rings. The van der Waals surface area contributed by atoms with Crippen LogP contribution in [-0.4, -0.2) is 38.3 Å². The summed E-state index contributed by atoms with van der Waals surface area (Å²) in [7, 11) is 1.93. The lowest BCUT2D eigenvalue weighted by molar-refractivity contribution is 0.0992. The van der Waals surface area contributed by atoms with Gasteiger partial charge >= 0.3 is 0 Å². The first kappa shape index (κ1) is 13.2. The van der Waals surface area contributed by atoms with Crippen molar-refractivity contribution in [2.45, 2.75) is 33.0 Å². The van der Waals surface area contributed by atoms with Gasteiger partial charge in [0.1, 0.15) is 11.6 Å². The number of aryl methyl sites for hydroxylation is 1. The molecule has 0 atom stereocenters. The van der Waals surface area contributed by atoms with Gasteiger partial charge in [-0.05, 0) is 55.2 Å². The van der Waals surface area contributed by atoms with Crippen molar-refractivity contribution in [3.8, 4) is 11.3 Å². The molecule has 5 rings (SSSR count). The molecular formula is C27H29N5O. The van der Waals surface area contributed by atoms with Gasteiger partial charge in [-0.3, -0.25) is 9.78 Å². The molecule has 0 saturated carbocycles. The van der Waals surface area contributed by atoms with Crippen LogP contribution in [0.25, 0.3) is 22.0 Å². The van der Waals surface area contributed by atoms with Gasteiger partial charge in [-0.2, -0.15) is 0 Å². The van der Waals surface area contributed by atoms with Crippen LogP contribution in [0.2, 0.25) is 0 Å². The number of benzene rings is 1. The molecule has 33 heavy (non-hydrogen) atoms. The zero-order chi connectivity index (χ0) is 31.0. The zero-order valence-corrected chi connectivity index (χ0v) is 18.5. The number of imidazole rings is 1. The van der Waals surface area contributed by atoms with Crippen molar-refractivity contribution >= 4 is 22.4 Å². The average Bonchev–Trinajstić information content (AvgIpc) is 3.25. The van der Waals surface area contributed by atoms with Gasteiger partial charge in [0.05, 0.1) is 18.3 Å². The third-order valence-corrected chi connectivity index (χ3v) is 5.64. The van der Waals surface area contributed by atoms with Gasteiger partial charge < -0.3 is 9.47 Å². The Morgan fingerprint density at radius 2 is 1.91 bits per heavy atom. The highest BCUT2D eigenvalue weighted by atomic mass is 16.1. The van der Waals surface area contributed by atoms with Crippen molar-refractivity contribution in [3.63, 3.8) is 0 Å². The van der Waals surface area contributed by atoms with E-state index in [1.807, 2.05) is 36.7 Å². The predicted octanol–water partition coefficient (Wildman–Crippen LogP) is 5.00. The summed E-state index contributed by atoms with van der Waals surface area (Å²) >= 11 is 0. The van der Waals surface area contributed by atoms with E-state index in [2.05, 4.69) is 15.0 Å². The molecule has 1 fully saturated rings. The maximum absolute atomic E-state index is 13.3. The van der Waals surface area contributed by atoms with Gasteiger partial charge in [0.15, 0.2) is 5.78 Å². The number of anilines is 1. The Kier molecular flexibility index (Phi) is 3.52. The Bertz CT molecular complexity index is 1690. The molecule has 6 nitrogen and oxygen atoms in total. The van der Waals surface area contributed by atoms with E-state index in [9.17, 15) is 4.79 Å². The molecule has 0 unspecified atom stereocenters. The van der Waals surface area contributed by atoms with Gasteiger partial charge in [0.25, 0.3) is 0 Å². The number of ketones is 1. The second-order valence-corrected chi connectivity index (χ2v) is 7.92. The molecule has 0 bridgehead atoms. The molecule has 168 valence electrons. The zero-order valence-electron chi connectivity index (χ0n) is 27.5. The maximum Gasteiger partial charge on any atom is 0.169 e. The molecule has 0 spiro atoms.